The molecule has 2 aromatic heterocycles. The Balaban J connectivity index is 1.54. The zero-order valence-corrected chi connectivity index (χ0v) is 15.8. The van der Waals surface area contributed by atoms with Gasteiger partial charge in [-0.3, -0.25) is 0 Å². The minimum absolute atomic E-state index is 0.217. The maximum Gasteiger partial charge on any atom is 0.248 e. The van der Waals surface area contributed by atoms with Crippen LogP contribution >= 0.6 is 11.6 Å². The molecule has 2 aromatic carbocycles. The molecule has 28 heavy (non-hydrogen) atoms. The molecule has 0 amide bonds. The molecule has 0 atom stereocenters. The van der Waals surface area contributed by atoms with Crippen LogP contribution in [0.3, 0.4) is 0 Å². The fraction of sp³-hybridized carbons (Fsp3) is 0.158. The maximum atomic E-state index is 5.89. The van der Waals surface area contributed by atoms with Crippen molar-refractivity contribution in [2.75, 3.05) is 14.2 Å². The number of nitrogens with zero attached hydrogens (tertiary/aromatic N) is 4. The van der Waals surface area contributed by atoms with Crippen LogP contribution in [0.4, 0.5) is 0 Å². The van der Waals surface area contributed by atoms with E-state index in [2.05, 4.69) is 20.3 Å². The molecule has 0 bridgehead atoms. The maximum absolute atomic E-state index is 5.89. The highest BCUT2D eigenvalue weighted by atomic mass is 35.5. The van der Waals surface area contributed by atoms with Crippen LogP contribution < -0.4 is 9.47 Å². The number of rotatable bonds is 6. The van der Waals surface area contributed by atoms with Gasteiger partial charge in [0.1, 0.15) is 17.9 Å². The van der Waals surface area contributed by atoms with Crippen molar-refractivity contribution in [2.45, 2.75) is 6.42 Å². The molecular formula is C19H15ClN4O4. The predicted octanol–water partition coefficient (Wildman–Crippen LogP) is 4.05. The van der Waals surface area contributed by atoms with Crippen LogP contribution in [-0.2, 0) is 6.42 Å². The van der Waals surface area contributed by atoms with E-state index >= 15 is 0 Å². The van der Waals surface area contributed by atoms with Gasteiger partial charge in [-0.25, -0.2) is 0 Å². The summed E-state index contributed by atoms with van der Waals surface area (Å²) in [6.45, 7) is 0. The Kier molecular flexibility index (Phi) is 4.94. The SMILES string of the molecule is COc1cc(OC)cc(-c2nnc(Cc3nc(-c4ccc(Cl)cc4)no3)o2)c1. The first kappa shape index (κ1) is 18.0. The molecule has 4 aromatic rings. The molecule has 9 heteroatoms. The van der Waals surface area contributed by atoms with E-state index in [1.165, 1.54) is 0 Å². The first-order valence-corrected chi connectivity index (χ1v) is 8.67. The van der Waals surface area contributed by atoms with E-state index in [-0.39, 0.29) is 6.42 Å². The summed E-state index contributed by atoms with van der Waals surface area (Å²) in [5, 5.41) is 12.7. The van der Waals surface area contributed by atoms with Gasteiger partial charge in [-0.2, -0.15) is 4.98 Å². The van der Waals surface area contributed by atoms with Crippen molar-refractivity contribution in [3.63, 3.8) is 0 Å². The summed E-state index contributed by atoms with van der Waals surface area (Å²) in [6, 6.07) is 12.5. The predicted molar refractivity (Wildman–Crippen MR) is 100 cm³/mol. The lowest BCUT2D eigenvalue weighted by Gasteiger charge is -2.05. The molecule has 0 saturated heterocycles. The summed E-state index contributed by atoms with van der Waals surface area (Å²) < 4.78 is 21.5. The number of ether oxygens (including phenoxy) is 2. The van der Waals surface area contributed by atoms with Gasteiger partial charge in [0.05, 0.1) is 14.2 Å². The van der Waals surface area contributed by atoms with Crippen molar-refractivity contribution in [2.24, 2.45) is 0 Å². The summed E-state index contributed by atoms with van der Waals surface area (Å²) in [4.78, 5) is 4.35. The monoisotopic (exact) mass is 398 g/mol. The normalized spacial score (nSPS) is 10.8. The van der Waals surface area contributed by atoms with Crippen LogP contribution in [-0.4, -0.2) is 34.6 Å². The standard InChI is InChI=1S/C19H15ClN4O4/c1-25-14-7-12(8-15(9-14)26-2)19-23-22-17(27-19)10-16-21-18(24-28-16)11-3-5-13(20)6-4-11/h3-9H,10H2,1-2H3. The van der Waals surface area contributed by atoms with Gasteiger partial charge in [-0.1, -0.05) is 16.8 Å². The minimum atomic E-state index is 0.217. The average molecular weight is 399 g/mol. The second-order valence-electron chi connectivity index (χ2n) is 5.80. The van der Waals surface area contributed by atoms with Gasteiger partial charge in [-0.15, -0.1) is 10.2 Å². The summed E-state index contributed by atoms with van der Waals surface area (Å²) >= 11 is 5.89. The minimum Gasteiger partial charge on any atom is -0.497 e. The van der Waals surface area contributed by atoms with Crippen molar-refractivity contribution < 1.29 is 18.4 Å². The van der Waals surface area contributed by atoms with Crippen molar-refractivity contribution in [1.29, 1.82) is 0 Å². The molecule has 2 heterocycles. The van der Waals surface area contributed by atoms with Crippen LogP contribution in [0, 0.1) is 0 Å². The van der Waals surface area contributed by atoms with Crippen LogP contribution in [0.25, 0.3) is 22.8 Å². The van der Waals surface area contributed by atoms with E-state index in [1.807, 2.05) is 12.1 Å². The third-order valence-corrected chi connectivity index (χ3v) is 4.19. The number of benzene rings is 2. The Morgan fingerprint density at radius 3 is 2.29 bits per heavy atom. The Hall–Kier alpha value is -3.39. The van der Waals surface area contributed by atoms with E-state index in [4.69, 9.17) is 30.0 Å². The third-order valence-electron chi connectivity index (χ3n) is 3.94. The highest BCUT2D eigenvalue weighted by Gasteiger charge is 2.15. The van der Waals surface area contributed by atoms with E-state index in [0.29, 0.717) is 45.6 Å². The van der Waals surface area contributed by atoms with E-state index in [1.54, 1.807) is 44.6 Å². The Bertz CT molecular complexity index is 1070. The molecule has 142 valence electrons. The van der Waals surface area contributed by atoms with Crippen LogP contribution in [0.1, 0.15) is 11.8 Å². The van der Waals surface area contributed by atoms with E-state index < -0.39 is 0 Å². The quantitative estimate of drug-likeness (QED) is 0.480. The Labute approximate surface area is 165 Å². The molecule has 0 aliphatic rings. The number of halogens is 1. The fourth-order valence-electron chi connectivity index (χ4n) is 2.54. The lowest BCUT2D eigenvalue weighted by molar-refractivity contribution is 0.373. The van der Waals surface area contributed by atoms with E-state index in [9.17, 15) is 0 Å². The van der Waals surface area contributed by atoms with Gasteiger partial charge in [0.25, 0.3) is 0 Å². The third kappa shape index (κ3) is 3.81. The van der Waals surface area contributed by atoms with Crippen molar-refractivity contribution in [1.82, 2.24) is 20.3 Å². The Morgan fingerprint density at radius 2 is 1.61 bits per heavy atom. The molecule has 0 aliphatic carbocycles. The summed E-state index contributed by atoms with van der Waals surface area (Å²) in [5.41, 5.74) is 1.48. The van der Waals surface area contributed by atoms with E-state index in [0.717, 1.165) is 5.56 Å². The molecule has 0 aliphatic heterocycles. The number of methoxy groups -OCH3 is 2. The molecule has 0 radical (unpaired) electrons. The zero-order chi connectivity index (χ0) is 19.5. The molecular weight excluding hydrogens is 384 g/mol. The second kappa shape index (κ2) is 7.69. The largest absolute Gasteiger partial charge is 0.497 e. The second-order valence-corrected chi connectivity index (χ2v) is 6.23. The molecule has 0 fully saturated rings. The van der Waals surface area contributed by atoms with Gasteiger partial charge >= 0.3 is 0 Å². The molecule has 0 spiro atoms. The fourth-order valence-corrected chi connectivity index (χ4v) is 2.67. The number of hydrogen-bond donors (Lipinski definition) is 0. The lowest BCUT2D eigenvalue weighted by atomic mass is 10.2. The topological polar surface area (TPSA) is 96.3 Å². The highest BCUT2D eigenvalue weighted by Crippen LogP contribution is 2.29. The molecule has 0 saturated carbocycles. The summed E-state index contributed by atoms with van der Waals surface area (Å²) in [7, 11) is 3.15. The average Bonchev–Trinajstić information content (AvgIpc) is 3.38. The molecule has 0 unspecified atom stereocenters. The van der Waals surface area contributed by atoms with Gasteiger partial charge in [0.15, 0.2) is 0 Å². The van der Waals surface area contributed by atoms with Gasteiger partial charge in [0, 0.05) is 22.2 Å². The summed E-state index contributed by atoms with van der Waals surface area (Å²) in [5.74, 6) is 2.76. The zero-order valence-electron chi connectivity index (χ0n) is 15.0. The van der Waals surface area contributed by atoms with Crippen molar-refractivity contribution >= 4 is 11.6 Å². The van der Waals surface area contributed by atoms with Crippen LogP contribution in [0.5, 0.6) is 11.5 Å². The van der Waals surface area contributed by atoms with Gasteiger partial charge < -0.3 is 18.4 Å². The highest BCUT2D eigenvalue weighted by molar-refractivity contribution is 6.30. The number of hydrogen-bond acceptors (Lipinski definition) is 8. The lowest BCUT2D eigenvalue weighted by Crippen LogP contribution is -1.89. The smallest absolute Gasteiger partial charge is 0.248 e. The summed E-state index contributed by atoms with van der Waals surface area (Å²) in [6.07, 6.45) is 0.217. The molecule has 8 nitrogen and oxygen atoms in total. The van der Waals surface area contributed by atoms with Crippen LogP contribution in [0.15, 0.2) is 51.4 Å². The van der Waals surface area contributed by atoms with Crippen molar-refractivity contribution in [3.8, 4) is 34.3 Å². The van der Waals surface area contributed by atoms with Crippen LogP contribution in [0.2, 0.25) is 5.02 Å². The first-order valence-electron chi connectivity index (χ1n) is 8.29. The van der Waals surface area contributed by atoms with Gasteiger partial charge in [0.2, 0.25) is 23.5 Å². The van der Waals surface area contributed by atoms with Gasteiger partial charge in [-0.05, 0) is 36.4 Å². The first-order chi connectivity index (χ1) is 13.6. The molecule has 0 N–H and O–H groups in total. The molecule has 4 rings (SSSR count). The van der Waals surface area contributed by atoms with Crippen molar-refractivity contribution in [3.05, 3.63) is 59.3 Å². The number of aromatic nitrogens is 4. The Morgan fingerprint density at radius 1 is 0.893 bits per heavy atom.